The molecule has 2 aliphatic heterocycles. The Labute approximate surface area is 260 Å². The second kappa shape index (κ2) is 17.5. The standard InChI is InChI=1S/C16H23N3O4.C16H25NO4/c1-10-11(2)15(18-19-17)16(20)23-14(10)9-22-8-12-4-6-13(21-3)7-5-12;1-10-11(2)15(17)16(18)21-14(10)9-20-8-12-4-6-13(19-3)7-5-12/h4-7,10-11,14-16,20H,8-9H2,1-3H3;4-7,10-11,14-16,18H,8-9,17H2,1-3H3/t2*10-,11-,14?,15?,16?/m00/s1. The quantitative estimate of drug-likeness (QED) is 0.188. The van der Waals surface area contributed by atoms with Gasteiger partial charge in [-0.05, 0) is 64.6 Å². The van der Waals surface area contributed by atoms with E-state index < -0.39 is 18.6 Å². The Morgan fingerprint density at radius 2 is 1.16 bits per heavy atom. The maximum absolute atomic E-state index is 9.98. The van der Waals surface area contributed by atoms with E-state index in [1.165, 1.54) is 0 Å². The van der Waals surface area contributed by atoms with Crippen LogP contribution in [0, 0.1) is 23.7 Å². The first-order valence-corrected chi connectivity index (χ1v) is 15.0. The first-order valence-electron chi connectivity index (χ1n) is 15.0. The largest absolute Gasteiger partial charge is 0.497 e. The van der Waals surface area contributed by atoms with Gasteiger partial charge in [-0.25, -0.2) is 0 Å². The highest BCUT2D eigenvalue weighted by molar-refractivity contribution is 5.27. The van der Waals surface area contributed by atoms with E-state index in [1.807, 2.05) is 69.3 Å². The van der Waals surface area contributed by atoms with Gasteiger partial charge in [-0.1, -0.05) is 57.1 Å². The normalized spacial score (nSPS) is 31.7. The minimum atomic E-state index is -1.09. The molecule has 0 aliphatic carbocycles. The molecule has 10 atom stereocenters. The van der Waals surface area contributed by atoms with Crippen molar-refractivity contribution in [2.45, 2.75) is 77.8 Å². The van der Waals surface area contributed by atoms with Crippen LogP contribution in [-0.4, -0.2) is 74.5 Å². The fourth-order valence-electron chi connectivity index (χ4n) is 5.27. The Kier molecular flexibility index (Phi) is 14.2. The Balaban J connectivity index is 0.000000241. The maximum atomic E-state index is 9.98. The van der Waals surface area contributed by atoms with Gasteiger partial charge in [-0.3, -0.25) is 0 Å². The number of nitrogens with two attached hydrogens (primary N) is 1. The molecule has 44 heavy (non-hydrogen) atoms. The molecule has 2 aromatic carbocycles. The molecule has 12 nitrogen and oxygen atoms in total. The lowest BCUT2D eigenvalue weighted by Crippen LogP contribution is -2.54. The van der Waals surface area contributed by atoms with E-state index in [1.54, 1.807) is 14.2 Å². The number of benzene rings is 2. The summed E-state index contributed by atoms with van der Waals surface area (Å²) in [7, 11) is 3.27. The number of nitrogens with zero attached hydrogens (tertiary/aromatic N) is 3. The molecule has 2 heterocycles. The molecule has 0 spiro atoms. The summed E-state index contributed by atoms with van der Waals surface area (Å²) in [5, 5.41) is 23.4. The Morgan fingerprint density at radius 3 is 1.59 bits per heavy atom. The SMILES string of the molecule is COc1ccc(COCC2OC(O)C(N)[C@@H](C)[C@@H]2C)cc1.COc1ccc(COCC2OC(O)C(N=[N+]=[N-])[C@@H](C)[C@@H]2C)cc1. The second-order valence-electron chi connectivity index (χ2n) is 11.6. The summed E-state index contributed by atoms with van der Waals surface area (Å²) in [6.45, 7) is 9.87. The zero-order chi connectivity index (χ0) is 32.2. The molecule has 4 N–H and O–H groups in total. The van der Waals surface area contributed by atoms with Gasteiger partial charge >= 0.3 is 0 Å². The summed E-state index contributed by atoms with van der Waals surface area (Å²) in [6.07, 6.45) is -2.37. The number of rotatable bonds is 11. The molecule has 0 bridgehead atoms. The van der Waals surface area contributed by atoms with Crippen molar-refractivity contribution >= 4 is 0 Å². The van der Waals surface area contributed by atoms with Crippen LogP contribution in [0.4, 0.5) is 0 Å². The zero-order valence-corrected chi connectivity index (χ0v) is 26.5. The van der Waals surface area contributed by atoms with Crippen molar-refractivity contribution in [1.82, 2.24) is 0 Å². The van der Waals surface area contributed by atoms with Crippen LogP contribution in [0.2, 0.25) is 0 Å². The van der Waals surface area contributed by atoms with E-state index >= 15 is 0 Å². The van der Waals surface area contributed by atoms with Crippen LogP contribution in [0.3, 0.4) is 0 Å². The van der Waals surface area contributed by atoms with Crippen LogP contribution in [0.15, 0.2) is 53.6 Å². The van der Waals surface area contributed by atoms with E-state index in [0.717, 1.165) is 22.6 Å². The van der Waals surface area contributed by atoms with Crippen molar-refractivity contribution < 1.29 is 38.6 Å². The van der Waals surface area contributed by atoms with Crippen molar-refractivity contribution in [3.63, 3.8) is 0 Å². The van der Waals surface area contributed by atoms with Crippen LogP contribution >= 0.6 is 0 Å². The predicted octanol–water partition coefficient (Wildman–Crippen LogP) is 4.41. The van der Waals surface area contributed by atoms with Crippen molar-refractivity contribution in [1.29, 1.82) is 0 Å². The van der Waals surface area contributed by atoms with Gasteiger partial charge in [0.15, 0.2) is 12.6 Å². The molecular formula is C32H48N4O8. The molecule has 6 unspecified atom stereocenters. The van der Waals surface area contributed by atoms with Gasteiger partial charge in [0, 0.05) is 4.91 Å². The lowest BCUT2D eigenvalue weighted by molar-refractivity contribution is -0.219. The molecule has 12 heteroatoms. The number of azide groups is 1. The van der Waals surface area contributed by atoms with Gasteiger partial charge in [-0.2, -0.15) is 0 Å². The van der Waals surface area contributed by atoms with Crippen LogP contribution < -0.4 is 15.2 Å². The lowest BCUT2D eigenvalue weighted by Gasteiger charge is -2.41. The third-order valence-corrected chi connectivity index (χ3v) is 8.83. The molecule has 2 aromatic rings. The third-order valence-electron chi connectivity index (χ3n) is 8.83. The van der Waals surface area contributed by atoms with Gasteiger partial charge in [0.05, 0.1) is 64.9 Å². The molecule has 2 aliphatic rings. The Morgan fingerprint density at radius 1 is 0.727 bits per heavy atom. The second-order valence-corrected chi connectivity index (χ2v) is 11.6. The van der Waals surface area contributed by atoms with Crippen LogP contribution in [0.1, 0.15) is 38.8 Å². The molecule has 244 valence electrons. The van der Waals surface area contributed by atoms with E-state index in [2.05, 4.69) is 16.9 Å². The summed E-state index contributed by atoms with van der Waals surface area (Å²) in [4.78, 5) is 2.78. The number of aliphatic hydroxyl groups is 2. The molecule has 2 saturated heterocycles. The molecule has 0 aromatic heterocycles. The van der Waals surface area contributed by atoms with E-state index in [-0.39, 0.29) is 41.9 Å². The topological polar surface area (TPSA) is 171 Å². The van der Waals surface area contributed by atoms with Crippen molar-refractivity contribution in [3.05, 3.63) is 70.1 Å². The van der Waals surface area contributed by atoms with E-state index in [0.29, 0.717) is 26.4 Å². The minimum absolute atomic E-state index is 0.0178. The van der Waals surface area contributed by atoms with Crippen LogP contribution in [-0.2, 0) is 32.2 Å². The van der Waals surface area contributed by atoms with Gasteiger partial charge in [0.2, 0.25) is 0 Å². The summed E-state index contributed by atoms with van der Waals surface area (Å²) < 4.78 is 32.8. The fraction of sp³-hybridized carbons (Fsp3) is 0.625. The molecule has 2 fully saturated rings. The van der Waals surface area contributed by atoms with Crippen molar-refractivity contribution in [3.8, 4) is 11.5 Å². The van der Waals surface area contributed by atoms with Crippen LogP contribution in [0.5, 0.6) is 11.5 Å². The van der Waals surface area contributed by atoms with Crippen molar-refractivity contribution in [2.24, 2.45) is 34.5 Å². The smallest absolute Gasteiger partial charge is 0.170 e. The number of methoxy groups -OCH3 is 2. The van der Waals surface area contributed by atoms with Crippen molar-refractivity contribution in [2.75, 3.05) is 27.4 Å². The first kappa shape index (κ1) is 35.5. The summed E-state index contributed by atoms with van der Waals surface area (Å²) in [6, 6.07) is 14.5. The number of aliphatic hydroxyl groups excluding tert-OH is 2. The zero-order valence-electron chi connectivity index (χ0n) is 26.5. The van der Waals surface area contributed by atoms with Gasteiger partial charge < -0.3 is 44.4 Å². The lowest BCUT2D eigenvalue weighted by atomic mass is 9.82. The molecule has 0 amide bonds. The Bertz CT molecular complexity index is 1160. The molecule has 0 radical (unpaired) electrons. The fourth-order valence-corrected chi connectivity index (χ4v) is 5.27. The average Bonchev–Trinajstić information content (AvgIpc) is 3.04. The van der Waals surface area contributed by atoms with Gasteiger partial charge in [-0.15, -0.1) is 0 Å². The summed E-state index contributed by atoms with van der Waals surface area (Å²) >= 11 is 0. The minimum Gasteiger partial charge on any atom is -0.497 e. The monoisotopic (exact) mass is 616 g/mol. The highest BCUT2D eigenvalue weighted by Crippen LogP contribution is 2.32. The van der Waals surface area contributed by atoms with Gasteiger partial charge in [0.1, 0.15) is 11.5 Å². The highest BCUT2D eigenvalue weighted by Gasteiger charge is 2.40. The predicted molar refractivity (Wildman–Crippen MR) is 165 cm³/mol. The maximum Gasteiger partial charge on any atom is 0.170 e. The Hall–Kier alpha value is -2.93. The molecule has 4 rings (SSSR count). The number of hydrogen-bond acceptors (Lipinski definition) is 10. The number of hydrogen-bond donors (Lipinski definition) is 3. The molecule has 0 saturated carbocycles. The van der Waals surface area contributed by atoms with Gasteiger partial charge in [0.25, 0.3) is 0 Å². The summed E-state index contributed by atoms with van der Waals surface area (Å²) in [5.74, 6) is 2.21. The van der Waals surface area contributed by atoms with Crippen LogP contribution in [0.25, 0.3) is 10.4 Å². The highest BCUT2D eigenvalue weighted by atomic mass is 16.6. The molecular weight excluding hydrogens is 568 g/mol. The van der Waals surface area contributed by atoms with E-state index in [9.17, 15) is 10.2 Å². The summed E-state index contributed by atoms with van der Waals surface area (Å²) in [5.41, 5.74) is 16.6. The van der Waals surface area contributed by atoms with E-state index in [4.69, 9.17) is 39.7 Å². The first-order chi connectivity index (χ1) is 21.1. The third kappa shape index (κ3) is 9.79. The average molecular weight is 617 g/mol. The number of ether oxygens (including phenoxy) is 6.